The largest absolute Gasteiger partial charge is 0.436 e. The van der Waals surface area contributed by atoms with Gasteiger partial charge in [0.1, 0.15) is 11.8 Å². The molecule has 0 radical (unpaired) electrons. The summed E-state index contributed by atoms with van der Waals surface area (Å²) in [5, 5.41) is 11.4. The van der Waals surface area contributed by atoms with Crippen LogP contribution in [0.4, 0.5) is 5.82 Å². The summed E-state index contributed by atoms with van der Waals surface area (Å²) in [5.41, 5.74) is 0.138. The van der Waals surface area contributed by atoms with Crippen LogP contribution in [0, 0.1) is 10.1 Å². The molecule has 2 aliphatic rings. The average Bonchev–Trinajstić information content (AvgIpc) is 3.19. The third-order valence-corrected chi connectivity index (χ3v) is 7.40. The van der Waals surface area contributed by atoms with Gasteiger partial charge in [-0.1, -0.05) is 23.7 Å². The van der Waals surface area contributed by atoms with Crippen LogP contribution < -0.4 is 4.74 Å². The van der Waals surface area contributed by atoms with Gasteiger partial charge in [0.05, 0.1) is 12.3 Å². The van der Waals surface area contributed by atoms with Crippen molar-refractivity contribution in [3.63, 3.8) is 0 Å². The summed E-state index contributed by atoms with van der Waals surface area (Å²) in [6, 6.07) is 7.07. The fraction of sp³-hybridized carbons (Fsp3) is 0.500. The van der Waals surface area contributed by atoms with E-state index in [0.717, 1.165) is 0 Å². The molecule has 4 rings (SSSR count). The maximum absolute atomic E-state index is 12.7. The predicted molar refractivity (Wildman–Crippen MR) is 110 cm³/mol. The normalized spacial score (nSPS) is 22.6. The number of benzene rings is 1. The number of halogens is 1. The van der Waals surface area contributed by atoms with Gasteiger partial charge < -0.3 is 14.9 Å². The number of nitrogens with zero attached hydrogens (tertiary/aromatic N) is 5. The van der Waals surface area contributed by atoms with Gasteiger partial charge in [-0.15, -0.1) is 0 Å². The van der Waals surface area contributed by atoms with E-state index in [2.05, 4.69) is 9.88 Å². The number of aromatic nitrogens is 2. The van der Waals surface area contributed by atoms with E-state index >= 15 is 0 Å². The summed E-state index contributed by atoms with van der Waals surface area (Å²) in [6.45, 7) is 4.94. The Balaban J connectivity index is 1.31. The van der Waals surface area contributed by atoms with Gasteiger partial charge in [-0.3, -0.25) is 9.47 Å². The smallest absolute Gasteiger partial charge is 0.415 e. The highest BCUT2D eigenvalue weighted by molar-refractivity contribution is 7.88. The van der Waals surface area contributed by atoms with Crippen LogP contribution in [-0.4, -0.2) is 70.4 Å². The molecule has 30 heavy (non-hydrogen) atoms. The first-order chi connectivity index (χ1) is 14.1. The van der Waals surface area contributed by atoms with Gasteiger partial charge in [0, 0.05) is 42.7 Å². The Bertz CT molecular complexity index is 1020. The van der Waals surface area contributed by atoms with Gasteiger partial charge in [0.15, 0.2) is 0 Å². The molecule has 0 unspecified atom stereocenters. The number of nitro groups is 1. The summed E-state index contributed by atoms with van der Waals surface area (Å²) < 4.78 is 34.5. The molecule has 1 atom stereocenters. The van der Waals surface area contributed by atoms with Gasteiger partial charge in [0.2, 0.25) is 10.0 Å². The number of rotatable bonds is 6. The summed E-state index contributed by atoms with van der Waals surface area (Å²) in [4.78, 5) is 16.3. The third-order valence-electron chi connectivity index (χ3n) is 5.30. The highest BCUT2D eigenvalue weighted by Crippen LogP contribution is 2.31. The van der Waals surface area contributed by atoms with E-state index < -0.39 is 20.5 Å². The Morgan fingerprint density at radius 1 is 1.23 bits per heavy atom. The van der Waals surface area contributed by atoms with Crippen LogP contribution in [0.3, 0.4) is 0 Å². The molecule has 12 heteroatoms. The minimum Gasteiger partial charge on any atom is -0.436 e. The zero-order chi connectivity index (χ0) is 21.5. The van der Waals surface area contributed by atoms with Gasteiger partial charge in [-0.25, -0.2) is 8.42 Å². The Morgan fingerprint density at radius 3 is 2.50 bits per heavy atom. The number of sulfonamides is 1. The molecule has 0 aliphatic carbocycles. The summed E-state index contributed by atoms with van der Waals surface area (Å²) in [7, 11) is -3.41. The quantitative estimate of drug-likeness (QED) is 0.481. The molecule has 1 aromatic heterocycles. The van der Waals surface area contributed by atoms with Gasteiger partial charge >= 0.3 is 11.8 Å². The van der Waals surface area contributed by atoms with Crippen LogP contribution in [0.5, 0.6) is 6.01 Å². The zero-order valence-electron chi connectivity index (χ0n) is 16.4. The van der Waals surface area contributed by atoms with Crippen molar-refractivity contribution in [2.24, 2.45) is 0 Å². The molecule has 1 aromatic carbocycles. The van der Waals surface area contributed by atoms with Crippen molar-refractivity contribution in [1.82, 2.24) is 18.8 Å². The van der Waals surface area contributed by atoms with E-state index in [9.17, 15) is 18.5 Å². The number of imidazole rings is 1. The number of hydrogen-bond acceptors (Lipinski definition) is 7. The van der Waals surface area contributed by atoms with Gasteiger partial charge in [-0.05, 0) is 29.5 Å². The first-order valence-corrected chi connectivity index (χ1v) is 11.5. The van der Waals surface area contributed by atoms with Crippen molar-refractivity contribution < 1.29 is 18.1 Å². The number of fused-ring (bicyclic) bond motifs is 1. The molecule has 2 aromatic rings. The fourth-order valence-corrected chi connectivity index (χ4v) is 5.53. The second-order valence-electron chi connectivity index (χ2n) is 7.88. The van der Waals surface area contributed by atoms with Crippen molar-refractivity contribution in [1.29, 1.82) is 0 Å². The molecule has 2 aliphatic heterocycles. The van der Waals surface area contributed by atoms with E-state index in [1.54, 1.807) is 28.8 Å². The van der Waals surface area contributed by atoms with E-state index in [-0.39, 0.29) is 17.6 Å². The van der Waals surface area contributed by atoms with Gasteiger partial charge in [-0.2, -0.15) is 4.31 Å². The molecule has 0 amide bonds. The van der Waals surface area contributed by atoms with E-state index in [0.29, 0.717) is 49.9 Å². The maximum atomic E-state index is 12.7. The monoisotopic (exact) mass is 455 g/mol. The minimum atomic E-state index is -3.41. The fourth-order valence-electron chi connectivity index (χ4n) is 3.88. The molecule has 0 saturated carbocycles. The van der Waals surface area contributed by atoms with Crippen molar-refractivity contribution in [2.75, 3.05) is 32.7 Å². The molecule has 0 spiro atoms. The van der Waals surface area contributed by atoms with E-state index in [1.807, 2.05) is 6.92 Å². The van der Waals surface area contributed by atoms with Crippen LogP contribution >= 0.6 is 11.6 Å². The molecular formula is C18H22ClN5O5S. The van der Waals surface area contributed by atoms with Crippen molar-refractivity contribution >= 4 is 27.4 Å². The molecule has 0 N–H and O–H groups in total. The highest BCUT2D eigenvalue weighted by Gasteiger charge is 2.42. The lowest BCUT2D eigenvalue weighted by molar-refractivity contribution is -0.389. The molecule has 1 saturated heterocycles. The predicted octanol–water partition coefficient (Wildman–Crippen LogP) is 1.74. The molecular weight excluding hydrogens is 434 g/mol. The Morgan fingerprint density at radius 2 is 1.90 bits per heavy atom. The number of hydrogen-bond donors (Lipinski definition) is 0. The Hall–Kier alpha value is -2.21. The lowest BCUT2D eigenvalue weighted by Gasteiger charge is -2.37. The zero-order valence-corrected chi connectivity index (χ0v) is 18.0. The van der Waals surface area contributed by atoms with Gasteiger partial charge in [0.25, 0.3) is 0 Å². The molecule has 0 bridgehead atoms. The van der Waals surface area contributed by atoms with Crippen molar-refractivity contribution in [3.8, 4) is 6.01 Å². The SMILES string of the molecule is C[C@]1(CN2CCN(S(=O)(=O)Cc3ccc(Cl)cc3)CC2)Cn2cc([N+](=O)[O-])nc2O1. The lowest BCUT2D eigenvalue weighted by atomic mass is 10.1. The number of piperazine rings is 1. The summed E-state index contributed by atoms with van der Waals surface area (Å²) >= 11 is 5.86. The molecule has 3 heterocycles. The standard InChI is InChI=1S/C18H22ClN5O5S/c1-18(13-22-10-16(24(25)26)20-17(22)29-18)12-21-6-8-23(9-7-21)30(27,28)11-14-2-4-15(19)5-3-14/h2-5,10H,6-9,11-13H2,1H3/t18-/m0/s1. The maximum Gasteiger partial charge on any atom is 0.415 e. The van der Waals surface area contributed by atoms with Crippen LogP contribution in [0.2, 0.25) is 5.02 Å². The minimum absolute atomic E-state index is 0.0507. The van der Waals surface area contributed by atoms with Crippen LogP contribution in [0.1, 0.15) is 12.5 Å². The summed E-state index contributed by atoms with van der Waals surface area (Å²) in [5.74, 6) is -0.281. The second kappa shape index (κ2) is 7.80. The first-order valence-electron chi connectivity index (χ1n) is 9.49. The molecule has 162 valence electrons. The first kappa shape index (κ1) is 21.0. The molecule has 1 fully saturated rings. The van der Waals surface area contributed by atoms with Crippen LogP contribution in [-0.2, 0) is 22.3 Å². The van der Waals surface area contributed by atoms with Crippen molar-refractivity contribution in [3.05, 3.63) is 51.2 Å². The highest BCUT2D eigenvalue weighted by atomic mass is 35.5. The molecule has 10 nitrogen and oxygen atoms in total. The van der Waals surface area contributed by atoms with E-state index in [1.165, 1.54) is 10.5 Å². The van der Waals surface area contributed by atoms with E-state index in [4.69, 9.17) is 16.3 Å². The topological polar surface area (TPSA) is 111 Å². The lowest BCUT2D eigenvalue weighted by Crippen LogP contribution is -2.53. The second-order valence-corrected chi connectivity index (χ2v) is 10.3. The average molecular weight is 456 g/mol. The van der Waals surface area contributed by atoms with Crippen molar-refractivity contribution in [2.45, 2.75) is 24.8 Å². The van der Waals surface area contributed by atoms with Crippen LogP contribution in [0.25, 0.3) is 0 Å². The third kappa shape index (κ3) is 4.43. The number of ether oxygens (including phenoxy) is 1. The van der Waals surface area contributed by atoms with Crippen LogP contribution in [0.15, 0.2) is 30.5 Å². The summed E-state index contributed by atoms with van der Waals surface area (Å²) in [6.07, 6.45) is 1.38. The Kier molecular flexibility index (Phi) is 5.47. The Labute approximate surface area is 179 Å².